The number of alkyl halides is 2. The number of carbonyl (C=O) groups excluding carboxylic acids is 2. The van der Waals surface area contributed by atoms with Gasteiger partial charge in [-0.05, 0) is 55.3 Å². The number of nitrogens with zero attached hydrogens (tertiary/aromatic N) is 2. The maximum absolute atomic E-state index is 13.6. The summed E-state index contributed by atoms with van der Waals surface area (Å²) in [6.07, 6.45) is -2.66. The molecule has 0 spiro atoms. The Bertz CT molecular complexity index is 1710. The Hall–Kier alpha value is -3.51. The zero-order valence-electron chi connectivity index (χ0n) is 23.1. The number of aromatic nitrogens is 2. The Morgan fingerprint density at radius 3 is 2.47 bits per heavy atom. The molecule has 0 bridgehead atoms. The third-order valence-electron chi connectivity index (χ3n) is 6.46. The third kappa shape index (κ3) is 7.53. The normalized spacial score (nSPS) is 11.7. The minimum atomic E-state index is -2.80. The van der Waals surface area contributed by atoms with E-state index in [0.717, 1.165) is 6.07 Å². The Morgan fingerprint density at radius 1 is 1.09 bits per heavy atom. The molecule has 8 nitrogen and oxygen atoms in total. The molecular formula is C29H26Cl3F3N4O4. The largest absolute Gasteiger partial charge is 0.487 e. The van der Waals surface area contributed by atoms with E-state index in [1.807, 2.05) is 0 Å². The van der Waals surface area contributed by atoms with Crippen LogP contribution < -0.4 is 15.4 Å². The van der Waals surface area contributed by atoms with Crippen LogP contribution in [0.15, 0.2) is 42.5 Å². The molecule has 228 valence electrons. The van der Waals surface area contributed by atoms with Crippen molar-refractivity contribution < 1.29 is 32.6 Å². The summed E-state index contributed by atoms with van der Waals surface area (Å²) in [5, 5.41) is 15.5. The van der Waals surface area contributed by atoms with Gasteiger partial charge < -0.3 is 25.0 Å². The number of halogens is 6. The molecule has 2 amide bonds. The van der Waals surface area contributed by atoms with Gasteiger partial charge >= 0.3 is 0 Å². The van der Waals surface area contributed by atoms with Crippen LogP contribution in [-0.4, -0.2) is 45.1 Å². The molecule has 0 saturated carbocycles. The number of aryl methyl sites for hydroxylation is 1. The van der Waals surface area contributed by atoms with Crippen molar-refractivity contribution in [2.45, 2.75) is 38.8 Å². The molecule has 0 aliphatic carbocycles. The molecule has 43 heavy (non-hydrogen) atoms. The van der Waals surface area contributed by atoms with Gasteiger partial charge in [-0.25, -0.2) is 18.2 Å². The number of hydrogen-bond acceptors (Lipinski definition) is 5. The van der Waals surface area contributed by atoms with Crippen molar-refractivity contribution >= 4 is 63.3 Å². The zero-order valence-corrected chi connectivity index (χ0v) is 25.3. The first-order valence-electron chi connectivity index (χ1n) is 12.8. The van der Waals surface area contributed by atoms with Crippen LogP contribution in [0.25, 0.3) is 11.0 Å². The summed E-state index contributed by atoms with van der Waals surface area (Å²) in [7, 11) is 1.69. The van der Waals surface area contributed by atoms with Gasteiger partial charge in [0, 0.05) is 36.8 Å². The van der Waals surface area contributed by atoms with Gasteiger partial charge in [0.15, 0.2) is 0 Å². The fourth-order valence-electron chi connectivity index (χ4n) is 4.14. The smallest absolute Gasteiger partial charge is 0.272 e. The van der Waals surface area contributed by atoms with Crippen molar-refractivity contribution in [2.75, 3.05) is 11.9 Å². The van der Waals surface area contributed by atoms with Gasteiger partial charge in [-0.15, -0.1) is 0 Å². The second-order valence-electron chi connectivity index (χ2n) is 10.1. The number of aliphatic hydroxyl groups is 1. The van der Waals surface area contributed by atoms with E-state index in [1.54, 1.807) is 23.7 Å². The monoisotopic (exact) mass is 656 g/mol. The lowest BCUT2D eigenvalue weighted by Gasteiger charge is -2.18. The predicted molar refractivity (Wildman–Crippen MR) is 159 cm³/mol. The molecule has 0 unspecified atom stereocenters. The van der Waals surface area contributed by atoms with Crippen molar-refractivity contribution in [1.29, 1.82) is 0 Å². The maximum atomic E-state index is 13.6. The molecular weight excluding hydrogens is 632 g/mol. The lowest BCUT2D eigenvalue weighted by Crippen LogP contribution is -2.41. The minimum Gasteiger partial charge on any atom is -0.487 e. The SMILES string of the molecule is Cn1c(Cc2c(Cl)ccc(CNC(=O)C(C)(C)O)c2Cl)nc2cc(C(=O)Nc3ccc(F)c(Cl)c3)c(OCC(F)F)cc21. The Labute approximate surface area is 259 Å². The highest BCUT2D eigenvalue weighted by Crippen LogP contribution is 2.33. The molecule has 3 aromatic carbocycles. The third-order valence-corrected chi connectivity index (χ3v) is 7.57. The van der Waals surface area contributed by atoms with E-state index >= 15 is 0 Å². The number of rotatable bonds is 10. The number of hydrogen-bond donors (Lipinski definition) is 3. The van der Waals surface area contributed by atoms with Crippen LogP contribution >= 0.6 is 34.8 Å². The lowest BCUT2D eigenvalue weighted by atomic mass is 10.1. The summed E-state index contributed by atoms with van der Waals surface area (Å²) in [5.41, 5.74) is 0.414. The standard InChI is InChI=1S/C29H26Cl3F3N4O4/c1-29(2,42)28(41)36-12-14-4-6-18(30)16(26(14)32)10-25-38-21-9-17(23(43-13-24(34)35)11-22(21)39(25)3)27(40)37-15-5-7-20(33)19(31)8-15/h4-9,11,24,42H,10,12-13H2,1-3H3,(H,36,41)(H,37,40). The molecule has 0 fully saturated rings. The van der Waals surface area contributed by atoms with Gasteiger partial charge in [0.2, 0.25) is 0 Å². The van der Waals surface area contributed by atoms with Gasteiger partial charge in [-0.3, -0.25) is 9.59 Å². The zero-order chi connectivity index (χ0) is 31.6. The predicted octanol–water partition coefficient (Wildman–Crippen LogP) is 6.55. The summed E-state index contributed by atoms with van der Waals surface area (Å²) in [6.45, 7) is 1.80. The highest BCUT2D eigenvalue weighted by Gasteiger charge is 2.24. The average Bonchev–Trinajstić information content (AvgIpc) is 3.24. The van der Waals surface area contributed by atoms with Crippen LogP contribution in [0, 0.1) is 5.82 Å². The van der Waals surface area contributed by atoms with Crippen molar-refractivity contribution in [3.63, 3.8) is 0 Å². The number of amides is 2. The van der Waals surface area contributed by atoms with Gasteiger partial charge in [-0.1, -0.05) is 40.9 Å². The summed E-state index contributed by atoms with van der Waals surface area (Å²) in [4.78, 5) is 29.9. The van der Waals surface area contributed by atoms with Crippen molar-refractivity contribution in [3.8, 4) is 5.75 Å². The molecule has 0 aliphatic heterocycles. The molecule has 3 N–H and O–H groups in total. The Kier molecular flexibility index (Phi) is 9.80. The number of imidazole rings is 1. The van der Waals surface area contributed by atoms with Crippen LogP contribution in [0.5, 0.6) is 5.75 Å². The minimum absolute atomic E-state index is 0.0386. The van der Waals surface area contributed by atoms with Crippen LogP contribution in [0.3, 0.4) is 0 Å². The van der Waals surface area contributed by atoms with Crippen molar-refractivity contribution in [3.05, 3.63) is 85.9 Å². The molecule has 14 heteroatoms. The van der Waals surface area contributed by atoms with Crippen molar-refractivity contribution in [2.24, 2.45) is 7.05 Å². The number of nitrogens with one attached hydrogen (secondary N) is 2. The van der Waals surface area contributed by atoms with Crippen LogP contribution in [0.4, 0.5) is 18.9 Å². The topological polar surface area (TPSA) is 105 Å². The van der Waals surface area contributed by atoms with Crippen LogP contribution in [0.1, 0.15) is 41.2 Å². The average molecular weight is 658 g/mol. The number of carbonyl (C=O) groups is 2. The number of benzene rings is 3. The molecule has 1 aromatic heterocycles. The van der Waals surface area contributed by atoms with Gasteiger partial charge in [0.1, 0.15) is 29.6 Å². The van der Waals surface area contributed by atoms with Gasteiger partial charge in [0.25, 0.3) is 18.2 Å². The van der Waals surface area contributed by atoms with E-state index in [0.29, 0.717) is 33.0 Å². The highest BCUT2D eigenvalue weighted by molar-refractivity contribution is 6.36. The molecule has 0 atom stereocenters. The molecule has 4 aromatic rings. The maximum Gasteiger partial charge on any atom is 0.272 e. The second kappa shape index (κ2) is 13.0. The first-order valence-corrected chi connectivity index (χ1v) is 13.9. The summed E-state index contributed by atoms with van der Waals surface area (Å²) in [5.74, 6) is -1.61. The number of fused-ring (bicyclic) bond motifs is 1. The molecule has 0 saturated heterocycles. The molecule has 1 heterocycles. The lowest BCUT2D eigenvalue weighted by molar-refractivity contribution is -0.136. The van der Waals surface area contributed by atoms with E-state index < -0.39 is 36.3 Å². The molecule has 0 aliphatic rings. The van der Waals surface area contributed by atoms with E-state index in [2.05, 4.69) is 15.6 Å². The second-order valence-corrected chi connectivity index (χ2v) is 11.3. The Balaban J connectivity index is 1.69. The first-order chi connectivity index (χ1) is 20.1. The van der Waals surface area contributed by atoms with E-state index in [9.17, 15) is 27.9 Å². The van der Waals surface area contributed by atoms with Gasteiger partial charge in [0.05, 0.1) is 26.6 Å². The number of anilines is 1. The van der Waals surface area contributed by atoms with Crippen LogP contribution in [0.2, 0.25) is 15.1 Å². The Morgan fingerprint density at radius 2 is 1.81 bits per heavy atom. The van der Waals surface area contributed by atoms with Crippen molar-refractivity contribution in [1.82, 2.24) is 14.9 Å². The van der Waals surface area contributed by atoms with Crippen LogP contribution in [-0.2, 0) is 24.8 Å². The first kappa shape index (κ1) is 32.4. The number of ether oxygens (including phenoxy) is 1. The quantitative estimate of drug-likeness (QED) is 0.180. The fourth-order valence-corrected chi connectivity index (χ4v) is 4.90. The summed E-state index contributed by atoms with van der Waals surface area (Å²) in [6, 6.07) is 9.68. The van der Waals surface area contributed by atoms with E-state index in [-0.39, 0.29) is 40.0 Å². The summed E-state index contributed by atoms with van der Waals surface area (Å²) >= 11 is 18.9. The van der Waals surface area contributed by atoms with E-state index in [1.165, 1.54) is 38.1 Å². The van der Waals surface area contributed by atoms with E-state index in [4.69, 9.17) is 39.5 Å². The summed E-state index contributed by atoms with van der Waals surface area (Å²) < 4.78 is 46.6. The molecule has 4 rings (SSSR count). The fraction of sp³-hybridized carbons (Fsp3) is 0.276. The highest BCUT2D eigenvalue weighted by atomic mass is 35.5. The molecule has 0 radical (unpaired) electrons. The van der Waals surface area contributed by atoms with Gasteiger partial charge in [-0.2, -0.15) is 0 Å².